The molecule has 0 spiro atoms. The van der Waals surface area contributed by atoms with Crippen LogP contribution in [0.4, 0.5) is 5.82 Å². The van der Waals surface area contributed by atoms with E-state index in [4.69, 9.17) is 16.3 Å². The molecule has 3 rings (SSSR count). The predicted molar refractivity (Wildman–Crippen MR) is 93.4 cm³/mol. The van der Waals surface area contributed by atoms with E-state index in [2.05, 4.69) is 22.2 Å². The number of amidine groups is 1. The Labute approximate surface area is 139 Å². The van der Waals surface area contributed by atoms with Gasteiger partial charge >= 0.3 is 0 Å². The van der Waals surface area contributed by atoms with Crippen molar-refractivity contribution in [2.45, 2.75) is 19.4 Å². The lowest BCUT2D eigenvalue weighted by molar-refractivity contribution is 0.483. The van der Waals surface area contributed by atoms with Gasteiger partial charge in [-0.2, -0.15) is 0 Å². The lowest BCUT2D eigenvalue weighted by Gasteiger charge is -2.12. The van der Waals surface area contributed by atoms with Crippen LogP contribution in [-0.2, 0) is 0 Å². The summed E-state index contributed by atoms with van der Waals surface area (Å²) >= 11 is 7.74. The van der Waals surface area contributed by atoms with Gasteiger partial charge in [-0.1, -0.05) is 48.5 Å². The third-order valence-corrected chi connectivity index (χ3v) is 4.44. The molecule has 1 N–H and O–H groups in total. The number of thioether (sulfide) groups is 1. The number of pyridine rings is 1. The molecule has 6 heteroatoms. The zero-order chi connectivity index (χ0) is 15.4. The number of aromatic nitrogens is 1. The fourth-order valence-corrected chi connectivity index (χ4v) is 3.20. The highest BCUT2D eigenvalue weighted by molar-refractivity contribution is 8.14. The molecule has 114 valence electrons. The third kappa shape index (κ3) is 3.72. The van der Waals surface area contributed by atoms with Crippen molar-refractivity contribution in [2.24, 2.45) is 4.99 Å². The molecule has 22 heavy (non-hydrogen) atoms. The predicted octanol–water partition coefficient (Wildman–Crippen LogP) is 4.82. The number of nitrogens with one attached hydrogen (secondary N) is 1. The zero-order valence-corrected chi connectivity index (χ0v) is 13.7. The molecule has 2 heterocycles. The topological polar surface area (TPSA) is 46.5 Å². The van der Waals surface area contributed by atoms with E-state index in [1.165, 1.54) is 0 Å². The van der Waals surface area contributed by atoms with E-state index in [1.807, 2.05) is 30.3 Å². The summed E-state index contributed by atoms with van der Waals surface area (Å²) < 4.78 is 5.88. The van der Waals surface area contributed by atoms with E-state index in [-0.39, 0.29) is 0 Å². The van der Waals surface area contributed by atoms with Crippen molar-refractivity contribution in [3.63, 3.8) is 0 Å². The van der Waals surface area contributed by atoms with Crippen LogP contribution in [0.1, 0.15) is 13.3 Å². The number of hydrogen-bond acceptors (Lipinski definition) is 5. The van der Waals surface area contributed by atoms with Gasteiger partial charge in [0.05, 0.1) is 11.1 Å². The Bertz CT molecular complexity index is 678. The number of rotatable bonds is 4. The van der Waals surface area contributed by atoms with E-state index in [0.29, 0.717) is 22.6 Å². The summed E-state index contributed by atoms with van der Waals surface area (Å²) in [6.45, 7) is 2.14. The molecular formula is C16H16ClN3OS. The van der Waals surface area contributed by atoms with Gasteiger partial charge in [0.15, 0.2) is 16.7 Å². The highest BCUT2D eigenvalue weighted by Gasteiger charge is 2.18. The van der Waals surface area contributed by atoms with Crippen LogP contribution in [0.2, 0.25) is 5.02 Å². The van der Waals surface area contributed by atoms with E-state index in [0.717, 1.165) is 23.1 Å². The fourth-order valence-electron chi connectivity index (χ4n) is 2.00. The first-order valence-electron chi connectivity index (χ1n) is 7.10. The molecule has 1 aromatic heterocycles. The molecule has 0 fully saturated rings. The van der Waals surface area contributed by atoms with Gasteiger partial charge in [0, 0.05) is 18.0 Å². The molecule has 0 aliphatic carbocycles. The lowest BCUT2D eigenvalue weighted by atomic mass is 10.3. The monoisotopic (exact) mass is 333 g/mol. The van der Waals surface area contributed by atoms with Crippen molar-refractivity contribution in [1.82, 2.24) is 4.98 Å². The lowest BCUT2D eigenvalue weighted by Crippen LogP contribution is -2.08. The number of halogens is 1. The zero-order valence-electron chi connectivity index (χ0n) is 12.1. The minimum absolute atomic E-state index is 0.373. The van der Waals surface area contributed by atoms with Gasteiger partial charge in [-0.3, -0.25) is 4.99 Å². The van der Waals surface area contributed by atoms with Gasteiger partial charge in [0.1, 0.15) is 5.75 Å². The average Bonchev–Trinajstić information content (AvgIpc) is 2.99. The summed E-state index contributed by atoms with van der Waals surface area (Å²) in [5.74, 6) is 2.95. The van der Waals surface area contributed by atoms with E-state index >= 15 is 0 Å². The first-order valence-corrected chi connectivity index (χ1v) is 8.47. The normalized spacial score (nSPS) is 17.2. The van der Waals surface area contributed by atoms with Crippen LogP contribution in [0.5, 0.6) is 11.5 Å². The van der Waals surface area contributed by atoms with Crippen LogP contribution < -0.4 is 10.1 Å². The number of nitrogens with zero attached hydrogens (tertiary/aromatic N) is 2. The van der Waals surface area contributed by atoms with Crippen LogP contribution in [0.25, 0.3) is 0 Å². The molecule has 1 unspecified atom stereocenters. The number of hydrogen-bond donors (Lipinski definition) is 1. The fraction of sp³-hybridized carbons (Fsp3) is 0.250. The van der Waals surface area contributed by atoms with Crippen molar-refractivity contribution >= 4 is 34.3 Å². The molecule has 0 bridgehead atoms. The van der Waals surface area contributed by atoms with E-state index in [9.17, 15) is 0 Å². The van der Waals surface area contributed by atoms with Crippen LogP contribution in [0.3, 0.4) is 0 Å². The number of para-hydroxylation sites is 1. The minimum Gasteiger partial charge on any atom is -0.453 e. The summed E-state index contributed by atoms with van der Waals surface area (Å²) in [5, 5.41) is 4.65. The summed E-state index contributed by atoms with van der Waals surface area (Å²) in [6, 6.07) is 11.7. The van der Waals surface area contributed by atoms with E-state index in [1.54, 1.807) is 24.0 Å². The Morgan fingerprint density at radius 2 is 2.18 bits per heavy atom. The van der Waals surface area contributed by atoms with Crippen molar-refractivity contribution in [3.8, 4) is 11.5 Å². The Balaban J connectivity index is 1.82. The maximum absolute atomic E-state index is 6.04. The van der Waals surface area contributed by atoms with Crippen molar-refractivity contribution < 1.29 is 4.74 Å². The molecule has 1 aliphatic heterocycles. The number of anilines is 1. The second kappa shape index (κ2) is 7.03. The number of benzene rings is 1. The molecular weight excluding hydrogens is 318 g/mol. The maximum Gasteiger partial charge on any atom is 0.175 e. The Morgan fingerprint density at radius 1 is 1.36 bits per heavy atom. The number of aliphatic imine (C=N–C) groups is 1. The second-order valence-corrected chi connectivity index (χ2v) is 6.29. The van der Waals surface area contributed by atoms with Gasteiger partial charge < -0.3 is 10.1 Å². The molecule has 0 saturated heterocycles. The van der Waals surface area contributed by atoms with Gasteiger partial charge in [-0.15, -0.1) is 0 Å². The van der Waals surface area contributed by atoms with Gasteiger partial charge in [0.2, 0.25) is 0 Å². The molecule has 0 radical (unpaired) electrons. The first-order chi connectivity index (χ1) is 10.7. The average molecular weight is 334 g/mol. The maximum atomic E-state index is 6.04. The Kier molecular flexibility index (Phi) is 4.85. The first kappa shape index (κ1) is 15.2. The molecule has 4 nitrogen and oxygen atoms in total. The van der Waals surface area contributed by atoms with Crippen LogP contribution >= 0.6 is 23.4 Å². The SMILES string of the molecule is CCC1CSC(Nc2ncc(Cl)cc2Oc2ccccc2)=N1. The smallest absolute Gasteiger partial charge is 0.175 e. The molecule has 1 aliphatic rings. The highest BCUT2D eigenvalue weighted by atomic mass is 35.5. The quantitative estimate of drug-likeness (QED) is 0.871. The summed E-state index contributed by atoms with van der Waals surface area (Å²) in [5.41, 5.74) is 0. The molecule has 0 saturated carbocycles. The van der Waals surface area contributed by atoms with Crippen molar-refractivity contribution in [1.29, 1.82) is 0 Å². The number of ether oxygens (including phenoxy) is 1. The van der Waals surface area contributed by atoms with Gasteiger partial charge in [0.25, 0.3) is 0 Å². The van der Waals surface area contributed by atoms with Crippen LogP contribution in [-0.4, -0.2) is 21.9 Å². The second-order valence-electron chi connectivity index (χ2n) is 4.85. The van der Waals surface area contributed by atoms with Gasteiger partial charge in [-0.05, 0) is 18.6 Å². The largest absolute Gasteiger partial charge is 0.453 e. The highest BCUT2D eigenvalue weighted by Crippen LogP contribution is 2.32. The molecule has 0 amide bonds. The minimum atomic E-state index is 0.373. The van der Waals surface area contributed by atoms with Crippen LogP contribution in [0, 0.1) is 0 Å². The van der Waals surface area contributed by atoms with Crippen LogP contribution in [0.15, 0.2) is 47.6 Å². The summed E-state index contributed by atoms with van der Waals surface area (Å²) in [6.07, 6.45) is 2.64. The molecule has 1 atom stereocenters. The van der Waals surface area contributed by atoms with Gasteiger partial charge in [-0.25, -0.2) is 4.98 Å². The van der Waals surface area contributed by atoms with E-state index < -0.39 is 0 Å². The summed E-state index contributed by atoms with van der Waals surface area (Å²) in [7, 11) is 0. The summed E-state index contributed by atoms with van der Waals surface area (Å²) in [4.78, 5) is 8.94. The van der Waals surface area contributed by atoms with Crippen molar-refractivity contribution in [2.75, 3.05) is 11.1 Å². The third-order valence-electron chi connectivity index (χ3n) is 3.20. The molecule has 2 aromatic rings. The van der Waals surface area contributed by atoms with Crippen molar-refractivity contribution in [3.05, 3.63) is 47.6 Å². The Hall–Kier alpha value is -1.72. The standard InChI is InChI=1S/C16H16ClN3OS/c1-2-12-10-22-16(19-12)20-15-14(8-11(17)9-18-15)21-13-6-4-3-5-7-13/h3-9,12H,2,10H2,1H3,(H,18,19,20). The molecule has 1 aromatic carbocycles. The Morgan fingerprint density at radius 3 is 2.91 bits per heavy atom.